The fraction of sp³-hybridized carbons (Fsp3) is 0.667. The molecule has 0 aromatic rings. The summed E-state index contributed by atoms with van der Waals surface area (Å²) in [6, 6.07) is 0. The second kappa shape index (κ2) is 6.04. The number of aliphatic hydroxyl groups excluding tert-OH is 4. The lowest BCUT2D eigenvalue weighted by atomic mass is 9.93. The molecule has 0 rings (SSSR count). The van der Waals surface area contributed by atoms with Gasteiger partial charge < -0.3 is 25.5 Å². The molecule has 0 spiro atoms. The van der Waals surface area contributed by atoms with Crippen LogP contribution < -0.4 is 5.73 Å². The van der Waals surface area contributed by atoms with Crippen LogP contribution in [0.25, 0.3) is 0 Å². The molecule has 7 N–H and O–H groups in total. The maximum absolute atomic E-state index is 11.3. The lowest BCUT2D eigenvalue weighted by Crippen LogP contribution is -2.63. The van der Waals surface area contributed by atoms with Gasteiger partial charge in [0.25, 0.3) is 0 Å². The number of rotatable bonds is 7. The number of nitrogens with two attached hydrogens (primary N) is 1. The summed E-state index contributed by atoms with van der Waals surface area (Å²) >= 11 is 0. The van der Waals surface area contributed by atoms with Gasteiger partial charge in [-0.05, 0) is 0 Å². The molecular weight excluding hydrogens is 218 g/mol. The Bertz CT molecular complexity index is 254. The summed E-state index contributed by atoms with van der Waals surface area (Å²) in [5, 5.41) is 45.7. The molecule has 0 aromatic carbocycles. The van der Waals surface area contributed by atoms with Gasteiger partial charge in [-0.1, -0.05) is 6.08 Å². The first-order valence-electron chi connectivity index (χ1n) is 4.59. The molecule has 16 heavy (non-hydrogen) atoms. The minimum absolute atomic E-state index is 0.300. The number of ketones is 1. The molecule has 0 radical (unpaired) electrons. The van der Waals surface area contributed by atoms with Crippen LogP contribution in [0.5, 0.6) is 0 Å². The highest BCUT2D eigenvalue weighted by atomic mass is 16.4. The van der Waals surface area contributed by atoms with Crippen molar-refractivity contribution in [1.29, 1.82) is 0 Å². The smallest absolute Gasteiger partial charge is 0.202 e. The van der Waals surface area contributed by atoms with Crippen LogP contribution in [0.1, 0.15) is 6.42 Å². The Kier molecular flexibility index (Phi) is 5.73. The number of aliphatic hydroxyl groups is 5. The molecule has 0 aliphatic carbocycles. The molecule has 0 saturated carbocycles. The maximum atomic E-state index is 11.3. The lowest BCUT2D eigenvalue weighted by Gasteiger charge is -2.31. The van der Waals surface area contributed by atoms with Crippen molar-refractivity contribution in [2.45, 2.75) is 30.5 Å². The van der Waals surface area contributed by atoms with Crippen LogP contribution in [0.2, 0.25) is 0 Å². The van der Waals surface area contributed by atoms with Crippen LogP contribution in [-0.4, -0.2) is 62.0 Å². The van der Waals surface area contributed by atoms with Crippen molar-refractivity contribution in [3.8, 4) is 0 Å². The summed E-state index contributed by atoms with van der Waals surface area (Å²) in [7, 11) is 0. The van der Waals surface area contributed by atoms with E-state index in [2.05, 4.69) is 6.58 Å². The SMILES string of the molecule is C=CCC(=O)[C@](N)(O)C(O)C(O)C(O)CO. The fourth-order valence-electron chi connectivity index (χ4n) is 1.04. The molecule has 0 aliphatic rings. The molecule has 0 bridgehead atoms. The van der Waals surface area contributed by atoms with Crippen LogP contribution in [0.4, 0.5) is 0 Å². The number of Topliss-reactive ketones (excluding diaryl/α,β-unsaturated/α-hetero) is 1. The Hall–Kier alpha value is -0.830. The first-order chi connectivity index (χ1) is 7.28. The predicted molar refractivity (Wildman–Crippen MR) is 54.1 cm³/mol. The highest BCUT2D eigenvalue weighted by Crippen LogP contribution is 2.14. The van der Waals surface area contributed by atoms with Gasteiger partial charge in [-0.25, -0.2) is 0 Å². The van der Waals surface area contributed by atoms with E-state index in [1.165, 1.54) is 6.08 Å². The number of allylic oxidation sites excluding steroid dienone is 1. The number of hydrogen-bond donors (Lipinski definition) is 6. The average Bonchev–Trinajstić information content (AvgIpc) is 2.26. The monoisotopic (exact) mass is 235 g/mol. The third-order valence-corrected chi connectivity index (χ3v) is 2.13. The van der Waals surface area contributed by atoms with Crippen molar-refractivity contribution in [3.05, 3.63) is 12.7 Å². The number of carbonyl (C=O) groups excluding carboxylic acids is 1. The molecule has 0 heterocycles. The first-order valence-corrected chi connectivity index (χ1v) is 4.59. The topological polar surface area (TPSA) is 144 Å². The summed E-state index contributed by atoms with van der Waals surface area (Å²) in [5.74, 6) is -0.959. The number of hydrogen-bond acceptors (Lipinski definition) is 7. The third kappa shape index (κ3) is 3.34. The zero-order valence-electron chi connectivity index (χ0n) is 8.65. The Morgan fingerprint density at radius 1 is 1.44 bits per heavy atom. The Morgan fingerprint density at radius 3 is 2.31 bits per heavy atom. The van der Waals surface area contributed by atoms with Crippen LogP contribution in [0.15, 0.2) is 12.7 Å². The molecular formula is C9H17NO6. The van der Waals surface area contributed by atoms with Crippen molar-refractivity contribution < 1.29 is 30.3 Å². The number of carbonyl (C=O) groups is 1. The van der Waals surface area contributed by atoms with E-state index in [0.29, 0.717) is 0 Å². The van der Waals surface area contributed by atoms with E-state index in [9.17, 15) is 20.1 Å². The van der Waals surface area contributed by atoms with E-state index in [1.807, 2.05) is 0 Å². The van der Waals surface area contributed by atoms with E-state index in [4.69, 9.17) is 15.9 Å². The van der Waals surface area contributed by atoms with E-state index >= 15 is 0 Å². The summed E-state index contributed by atoms with van der Waals surface area (Å²) in [6.07, 6.45) is -4.88. The molecule has 0 fully saturated rings. The predicted octanol–water partition coefficient (Wildman–Crippen LogP) is -3.15. The van der Waals surface area contributed by atoms with Gasteiger partial charge in [0.05, 0.1) is 6.61 Å². The molecule has 0 amide bonds. The molecule has 0 saturated heterocycles. The van der Waals surface area contributed by atoms with Crippen molar-refractivity contribution in [1.82, 2.24) is 0 Å². The van der Waals surface area contributed by atoms with Gasteiger partial charge in [-0.15, -0.1) is 6.58 Å². The molecule has 94 valence electrons. The normalized spacial score (nSPS) is 20.6. The third-order valence-electron chi connectivity index (χ3n) is 2.13. The van der Waals surface area contributed by atoms with Gasteiger partial charge in [-0.3, -0.25) is 10.5 Å². The van der Waals surface area contributed by atoms with Gasteiger partial charge in [-0.2, -0.15) is 0 Å². The van der Waals surface area contributed by atoms with Crippen LogP contribution in [0.3, 0.4) is 0 Å². The molecule has 7 heteroatoms. The van der Waals surface area contributed by atoms with E-state index in [1.54, 1.807) is 0 Å². The fourth-order valence-corrected chi connectivity index (χ4v) is 1.04. The Balaban J connectivity index is 4.73. The van der Waals surface area contributed by atoms with Gasteiger partial charge in [0, 0.05) is 6.42 Å². The standard InChI is InChI=1S/C9H17NO6/c1-2-3-6(13)9(10,16)8(15)7(14)5(12)4-11/h2,5,7-8,11-12,14-16H,1,3-4,10H2/t5?,7?,8?,9-/m0/s1. The summed E-state index contributed by atoms with van der Waals surface area (Å²) in [5.41, 5.74) is 2.43. The second-order valence-electron chi connectivity index (χ2n) is 3.43. The van der Waals surface area contributed by atoms with Crippen molar-refractivity contribution >= 4 is 5.78 Å². The second-order valence-corrected chi connectivity index (χ2v) is 3.43. The maximum Gasteiger partial charge on any atom is 0.202 e. The van der Waals surface area contributed by atoms with Gasteiger partial charge >= 0.3 is 0 Å². The van der Waals surface area contributed by atoms with Gasteiger partial charge in [0.15, 0.2) is 5.78 Å². The minimum Gasteiger partial charge on any atom is -0.394 e. The molecule has 3 unspecified atom stereocenters. The van der Waals surface area contributed by atoms with Gasteiger partial charge in [0.2, 0.25) is 5.72 Å². The van der Waals surface area contributed by atoms with Crippen molar-refractivity contribution in [2.24, 2.45) is 5.73 Å². The Morgan fingerprint density at radius 2 is 1.94 bits per heavy atom. The molecule has 4 atom stereocenters. The van der Waals surface area contributed by atoms with E-state index in [0.717, 1.165) is 0 Å². The first kappa shape index (κ1) is 15.2. The summed E-state index contributed by atoms with van der Waals surface area (Å²) in [4.78, 5) is 11.3. The minimum atomic E-state index is -2.70. The lowest BCUT2D eigenvalue weighted by molar-refractivity contribution is -0.172. The van der Waals surface area contributed by atoms with Crippen LogP contribution >= 0.6 is 0 Å². The highest BCUT2D eigenvalue weighted by molar-refractivity contribution is 5.88. The Labute approximate surface area is 92.4 Å². The van der Waals surface area contributed by atoms with E-state index < -0.39 is 36.4 Å². The van der Waals surface area contributed by atoms with Gasteiger partial charge in [0.1, 0.15) is 18.3 Å². The molecule has 7 nitrogen and oxygen atoms in total. The van der Waals surface area contributed by atoms with E-state index in [-0.39, 0.29) is 6.42 Å². The summed E-state index contributed by atoms with van der Waals surface area (Å²) < 4.78 is 0. The average molecular weight is 235 g/mol. The molecule has 0 aliphatic heterocycles. The van der Waals surface area contributed by atoms with Crippen molar-refractivity contribution in [3.63, 3.8) is 0 Å². The quantitative estimate of drug-likeness (QED) is 0.202. The highest BCUT2D eigenvalue weighted by Gasteiger charge is 2.44. The largest absolute Gasteiger partial charge is 0.394 e. The van der Waals surface area contributed by atoms with Crippen LogP contribution in [-0.2, 0) is 4.79 Å². The van der Waals surface area contributed by atoms with Crippen molar-refractivity contribution in [2.75, 3.05) is 6.61 Å². The molecule has 0 aromatic heterocycles. The zero-order valence-corrected chi connectivity index (χ0v) is 8.65. The van der Waals surface area contributed by atoms with Crippen LogP contribution in [0, 0.1) is 0 Å². The zero-order chi connectivity index (χ0) is 12.9. The summed E-state index contributed by atoms with van der Waals surface area (Å²) in [6.45, 7) is 2.41.